The molecular weight excluding hydrogens is 230 g/mol. The van der Waals surface area contributed by atoms with E-state index in [4.69, 9.17) is 0 Å². The van der Waals surface area contributed by atoms with E-state index in [0.29, 0.717) is 6.04 Å². The minimum Gasteiger partial charge on any atom is -0.364 e. The minimum absolute atomic E-state index is 0.405. The Balaban J connectivity index is 2.64. The van der Waals surface area contributed by atoms with E-state index in [1.165, 1.54) is 5.69 Å². The monoisotopic (exact) mass is 249 g/mol. The molecule has 0 aliphatic carbocycles. The summed E-state index contributed by atoms with van der Waals surface area (Å²) in [6.07, 6.45) is 3.70. The van der Waals surface area contributed by atoms with Crippen molar-refractivity contribution in [2.45, 2.75) is 19.9 Å². The van der Waals surface area contributed by atoms with Crippen molar-refractivity contribution in [3.63, 3.8) is 0 Å². The summed E-state index contributed by atoms with van der Waals surface area (Å²) in [6, 6.07) is 8.69. The Morgan fingerprint density at radius 2 is 1.89 bits per heavy atom. The molecule has 1 aliphatic heterocycles. The molecule has 0 radical (unpaired) electrons. The van der Waals surface area contributed by atoms with E-state index in [1.807, 2.05) is 18.2 Å². The number of hydrogen-bond acceptors (Lipinski definition) is 1. The van der Waals surface area contributed by atoms with E-state index in [9.17, 15) is 0 Å². The molecule has 0 fully saturated rings. The molecule has 0 bridgehead atoms. The summed E-state index contributed by atoms with van der Waals surface area (Å²) in [6.45, 7) is 13.0. The van der Waals surface area contributed by atoms with Gasteiger partial charge in [-0.05, 0) is 31.6 Å². The SMILES string of the molecule is C=C/C1=C(\C=C)CN(C(C)C)c2ccccc2C#C1. The highest BCUT2D eigenvalue weighted by Crippen LogP contribution is 2.25. The van der Waals surface area contributed by atoms with Gasteiger partial charge in [0.25, 0.3) is 0 Å². The van der Waals surface area contributed by atoms with E-state index in [1.54, 1.807) is 0 Å². The molecule has 0 unspecified atom stereocenters. The number of hydrogen-bond donors (Lipinski definition) is 0. The molecule has 0 saturated heterocycles. The molecule has 96 valence electrons. The second kappa shape index (κ2) is 5.63. The molecule has 1 aromatic carbocycles. The van der Waals surface area contributed by atoms with Crippen molar-refractivity contribution in [1.29, 1.82) is 0 Å². The molecular formula is C18H19N. The van der Waals surface area contributed by atoms with Crippen LogP contribution in [0.15, 0.2) is 60.7 Å². The van der Waals surface area contributed by atoms with Crippen molar-refractivity contribution >= 4 is 5.69 Å². The molecule has 0 spiro atoms. The van der Waals surface area contributed by atoms with Crippen LogP contribution in [0.5, 0.6) is 0 Å². The molecule has 1 aromatic rings. The first-order valence-corrected chi connectivity index (χ1v) is 6.53. The lowest BCUT2D eigenvalue weighted by molar-refractivity contribution is 0.714. The third-order valence-corrected chi connectivity index (χ3v) is 3.31. The van der Waals surface area contributed by atoms with Gasteiger partial charge in [0.15, 0.2) is 0 Å². The van der Waals surface area contributed by atoms with Crippen molar-refractivity contribution in [1.82, 2.24) is 0 Å². The topological polar surface area (TPSA) is 3.24 Å². The largest absolute Gasteiger partial charge is 0.364 e. The van der Waals surface area contributed by atoms with Crippen molar-refractivity contribution < 1.29 is 0 Å². The highest BCUT2D eigenvalue weighted by molar-refractivity contribution is 5.66. The number of nitrogens with zero attached hydrogens (tertiary/aromatic N) is 1. The van der Waals surface area contributed by atoms with Gasteiger partial charge < -0.3 is 4.90 Å². The zero-order valence-electron chi connectivity index (χ0n) is 11.6. The lowest BCUT2D eigenvalue weighted by atomic mass is 10.0. The number of anilines is 1. The van der Waals surface area contributed by atoms with Crippen LogP contribution in [-0.2, 0) is 0 Å². The zero-order valence-corrected chi connectivity index (χ0v) is 11.6. The fourth-order valence-electron chi connectivity index (χ4n) is 2.22. The van der Waals surface area contributed by atoms with Crippen LogP contribution in [0, 0.1) is 11.8 Å². The molecule has 1 aliphatic rings. The fraction of sp³-hybridized carbons (Fsp3) is 0.222. The number of fused-ring (bicyclic) bond motifs is 1. The third kappa shape index (κ3) is 2.63. The van der Waals surface area contributed by atoms with Crippen LogP contribution in [0.3, 0.4) is 0 Å². The van der Waals surface area contributed by atoms with Gasteiger partial charge in [0.05, 0.1) is 5.69 Å². The molecule has 1 heteroatoms. The first-order valence-electron chi connectivity index (χ1n) is 6.53. The Labute approximate surface area is 115 Å². The lowest BCUT2D eigenvalue weighted by Crippen LogP contribution is -2.33. The maximum Gasteiger partial charge on any atom is 0.0530 e. The Morgan fingerprint density at radius 1 is 1.16 bits per heavy atom. The number of benzene rings is 1. The molecule has 19 heavy (non-hydrogen) atoms. The van der Waals surface area contributed by atoms with Gasteiger partial charge in [-0.25, -0.2) is 0 Å². The van der Waals surface area contributed by atoms with Gasteiger partial charge in [0.2, 0.25) is 0 Å². The lowest BCUT2D eigenvalue weighted by Gasteiger charge is -2.31. The quantitative estimate of drug-likeness (QED) is 0.733. The van der Waals surface area contributed by atoms with Crippen LogP contribution in [0.4, 0.5) is 5.69 Å². The van der Waals surface area contributed by atoms with Crippen molar-refractivity contribution in [3.8, 4) is 11.8 Å². The summed E-state index contributed by atoms with van der Waals surface area (Å²) in [4.78, 5) is 2.35. The summed E-state index contributed by atoms with van der Waals surface area (Å²) in [5.41, 5.74) is 4.35. The Morgan fingerprint density at radius 3 is 2.53 bits per heavy atom. The molecule has 0 saturated carbocycles. The Bertz CT molecular complexity index is 594. The van der Waals surface area contributed by atoms with Crippen LogP contribution >= 0.6 is 0 Å². The van der Waals surface area contributed by atoms with Crippen LogP contribution in [0.2, 0.25) is 0 Å². The average molecular weight is 249 g/mol. The zero-order chi connectivity index (χ0) is 13.8. The standard InChI is InChI=1S/C18H19N/c1-5-15-11-12-17-9-7-8-10-18(17)19(14(3)4)13-16(15)6-2/h5-10,14H,1-2,13H2,3-4H3/b16-15-. The fourth-order valence-corrected chi connectivity index (χ4v) is 2.22. The molecule has 1 nitrogen and oxygen atoms in total. The van der Waals surface area contributed by atoms with E-state index in [2.05, 4.69) is 61.9 Å². The Hall–Kier alpha value is -2.20. The second-order valence-electron chi connectivity index (χ2n) is 4.84. The van der Waals surface area contributed by atoms with E-state index < -0.39 is 0 Å². The smallest absolute Gasteiger partial charge is 0.0530 e. The van der Waals surface area contributed by atoms with Crippen molar-refractivity contribution in [3.05, 3.63) is 66.3 Å². The number of rotatable bonds is 3. The van der Waals surface area contributed by atoms with Crippen LogP contribution in [-0.4, -0.2) is 12.6 Å². The van der Waals surface area contributed by atoms with Crippen molar-refractivity contribution in [2.75, 3.05) is 11.4 Å². The predicted molar refractivity (Wildman–Crippen MR) is 83.2 cm³/mol. The first-order chi connectivity index (χ1) is 9.17. The summed E-state index contributed by atoms with van der Waals surface area (Å²) in [7, 11) is 0. The Kier molecular flexibility index (Phi) is 3.92. The highest BCUT2D eigenvalue weighted by Gasteiger charge is 2.16. The van der Waals surface area contributed by atoms with Gasteiger partial charge >= 0.3 is 0 Å². The molecule has 0 N–H and O–H groups in total. The first kappa shape index (κ1) is 13.2. The molecule has 0 atom stereocenters. The highest BCUT2D eigenvalue weighted by atomic mass is 15.2. The second-order valence-corrected chi connectivity index (χ2v) is 4.84. The molecule has 0 amide bonds. The van der Waals surface area contributed by atoms with E-state index in [-0.39, 0.29) is 0 Å². The number of allylic oxidation sites excluding steroid dienone is 2. The summed E-state index contributed by atoms with van der Waals surface area (Å²) < 4.78 is 0. The van der Waals surface area contributed by atoms with Crippen LogP contribution < -0.4 is 4.90 Å². The van der Waals surface area contributed by atoms with Gasteiger partial charge in [-0.3, -0.25) is 0 Å². The van der Waals surface area contributed by atoms with E-state index >= 15 is 0 Å². The molecule has 0 aromatic heterocycles. The van der Waals surface area contributed by atoms with E-state index in [0.717, 1.165) is 23.3 Å². The van der Waals surface area contributed by atoms with Gasteiger partial charge in [-0.2, -0.15) is 0 Å². The van der Waals surface area contributed by atoms with Gasteiger partial charge in [-0.1, -0.05) is 49.3 Å². The maximum atomic E-state index is 3.90. The molecule has 2 rings (SSSR count). The predicted octanol–water partition coefficient (Wildman–Crippen LogP) is 3.94. The normalized spacial score (nSPS) is 17.9. The number of para-hydroxylation sites is 1. The summed E-state index contributed by atoms with van der Waals surface area (Å²) in [5.74, 6) is 6.45. The summed E-state index contributed by atoms with van der Waals surface area (Å²) in [5, 5.41) is 0. The van der Waals surface area contributed by atoms with Crippen molar-refractivity contribution in [2.24, 2.45) is 0 Å². The maximum absolute atomic E-state index is 3.90. The third-order valence-electron chi connectivity index (χ3n) is 3.31. The van der Waals surface area contributed by atoms with Gasteiger partial charge in [0, 0.05) is 23.7 Å². The average Bonchev–Trinajstić information content (AvgIpc) is 2.40. The molecule has 1 heterocycles. The van der Waals surface area contributed by atoms with Gasteiger partial charge in [-0.15, -0.1) is 0 Å². The summed E-state index contributed by atoms with van der Waals surface area (Å²) >= 11 is 0. The minimum atomic E-state index is 0.405. The van der Waals surface area contributed by atoms with Crippen LogP contribution in [0.1, 0.15) is 19.4 Å². The van der Waals surface area contributed by atoms with Crippen LogP contribution in [0.25, 0.3) is 0 Å². The van der Waals surface area contributed by atoms with Gasteiger partial charge in [0.1, 0.15) is 0 Å².